The Labute approximate surface area is 132 Å². The van der Waals surface area contributed by atoms with Crippen LogP contribution in [0.3, 0.4) is 0 Å². The quantitative estimate of drug-likeness (QED) is 0.624. The van der Waals surface area contributed by atoms with Gasteiger partial charge in [-0.2, -0.15) is 0 Å². The fourth-order valence-electron chi connectivity index (χ4n) is 1.87. The number of aliphatic hydroxyl groups excluding tert-OH is 1. The molecule has 0 atom stereocenters. The summed E-state index contributed by atoms with van der Waals surface area (Å²) in [5.41, 5.74) is 2.09. The van der Waals surface area contributed by atoms with Gasteiger partial charge >= 0.3 is 5.97 Å². The molecule has 0 saturated carbocycles. The minimum atomic E-state index is -0.359. The van der Waals surface area contributed by atoms with Gasteiger partial charge in [0.25, 0.3) is 0 Å². The predicted molar refractivity (Wildman–Crippen MR) is 86.4 cm³/mol. The first-order valence-electron chi connectivity index (χ1n) is 7.20. The Morgan fingerprint density at radius 1 is 1.41 bits per heavy atom. The molecule has 1 aromatic carbocycles. The first-order valence-corrected chi connectivity index (χ1v) is 7.20. The van der Waals surface area contributed by atoms with Crippen LogP contribution in [0.1, 0.15) is 37.8 Å². The molecule has 1 aromatic rings. The van der Waals surface area contributed by atoms with Crippen LogP contribution in [-0.2, 0) is 16.0 Å². The minimum absolute atomic E-state index is 0.0888. The Morgan fingerprint density at radius 3 is 2.41 bits per heavy atom. The maximum absolute atomic E-state index is 10.1. The summed E-state index contributed by atoms with van der Waals surface area (Å²) in [7, 11) is 1.53. The van der Waals surface area contributed by atoms with Gasteiger partial charge in [-0.25, -0.2) is 4.79 Å². The van der Waals surface area contributed by atoms with Gasteiger partial charge in [0.05, 0.1) is 13.7 Å². The standard InChI is InChI=1S/C12H18O3.C5H8O2/c1-8(2)10-7-12(15-3)11(14)6-9(10)4-5-13;1-3-5(6)7-4-2/h6-8,13-14H,4-5H2,1-3H3;3H,1,4H2,2H3. The second-order valence-corrected chi connectivity index (χ2v) is 4.81. The van der Waals surface area contributed by atoms with Gasteiger partial charge in [-0.1, -0.05) is 20.4 Å². The van der Waals surface area contributed by atoms with Gasteiger partial charge in [-0.3, -0.25) is 0 Å². The Kier molecular flexibility index (Phi) is 9.70. The number of hydrogen-bond donors (Lipinski definition) is 2. The van der Waals surface area contributed by atoms with Gasteiger partial charge in [0.1, 0.15) is 0 Å². The van der Waals surface area contributed by atoms with Crippen molar-refractivity contribution in [3.63, 3.8) is 0 Å². The van der Waals surface area contributed by atoms with Crippen LogP contribution in [0.4, 0.5) is 0 Å². The van der Waals surface area contributed by atoms with Crippen LogP contribution >= 0.6 is 0 Å². The van der Waals surface area contributed by atoms with E-state index in [9.17, 15) is 9.90 Å². The SMILES string of the molecule is C=CC(=O)OCC.COc1cc(C(C)C)c(CCO)cc1O. The molecule has 0 saturated heterocycles. The van der Waals surface area contributed by atoms with Crippen LogP contribution in [0.2, 0.25) is 0 Å². The molecule has 0 spiro atoms. The second-order valence-electron chi connectivity index (χ2n) is 4.81. The molecule has 2 N–H and O–H groups in total. The summed E-state index contributed by atoms with van der Waals surface area (Å²) in [6.45, 7) is 9.62. The third-order valence-electron chi connectivity index (χ3n) is 2.90. The number of phenolic OH excluding ortho intramolecular Hbond substituents is 1. The summed E-state index contributed by atoms with van der Waals surface area (Å²) >= 11 is 0. The van der Waals surface area contributed by atoms with E-state index in [0.29, 0.717) is 24.7 Å². The Morgan fingerprint density at radius 2 is 2.05 bits per heavy atom. The number of hydrogen-bond acceptors (Lipinski definition) is 5. The van der Waals surface area contributed by atoms with Crippen molar-refractivity contribution in [3.05, 3.63) is 35.9 Å². The average Bonchev–Trinajstić information content (AvgIpc) is 2.48. The van der Waals surface area contributed by atoms with E-state index in [2.05, 4.69) is 25.2 Å². The summed E-state index contributed by atoms with van der Waals surface area (Å²) in [6, 6.07) is 3.51. The highest BCUT2D eigenvalue weighted by Gasteiger charge is 2.11. The first kappa shape index (κ1) is 20.0. The van der Waals surface area contributed by atoms with Gasteiger partial charge in [0, 0.05) is 12.7 Å². The van der Waals surface area contributed by atoms with Crippen LogP contribution in [0.15, 0.2) is 24.8 Å². The molecule has 22 heavy (non-hydrogen) atoms. The van der Waals surface area contributed by atoms with E-state index < -0.39 is 0 Å². The Balaban J connectivity index is 0.000000534. The summed E-state index contributed by atoms with van der Waals surface area (Å²) in [5.74, 6) is 0.606. The van der Waals surface area contributed by atoms with E-state index in [4.69, 9.17) is 9.84 Å². The summed E-state index contributed by atoms with van der Waals surface area (Å²) in [4.78, 5) is 10.1. The van der Waals surface area contributed by atoms with Crippen molar-refractivity contribution in [1.29, 1.82) is 0 Å². The van der Waals surface area contributed by atoms with Crippen molar-refractivity contribution in [3.8, 4) is 11.5 Å². The zero-order valence-electron chi connectivity index (χ0n) is 13.8. The summed E-state index contributed by atoms with van der Waals surface area (Å²) < 4.78 is 9.49. The second kappa shape index (κ2) is 10.7. The average molecular weight is 310 g/mol. The van der Waals surface area contributed by atoms with Crippen molar-refractivity contribution in [2.75, 3.05) is 20.3 Å². The summed E-state index contributed by atoms with van der Waals surface area (Å²) in [5, 5.41) is 18.5. The monoisotopic (exact) mass is 310 g/mol. The third-order valence-corrected chi connectivity index (χ3v) is 2.90. The number of esters is 1. The van der Waals surface area contributed by atoms with E-state index in [-0.39, 0.29) is 18.3 Å². The van der Waals surface area contributed by atoms with Gasteiger partial charge in [-0.15, -0.1) is 0 Å². The van der Waals surface area contributed by atoms with E-state index >= 15 is 0 Å². The van der Waals surface area contributed by atoms with Crippen LogP contribution < -0.4 is 4.74 Å². The van der Waals surface area contributed by atoms with Gasteiger partial charge in [-0.05, 0) is 42.5 Å². The molecule has 0 amide bonds. The molecule has 0 heterocycles. The molecule has 5 heteroatoms. The molecule has 0 aliphatic rings. The molecule has 0 aliphatic heterocycles. The lowest BCUT2D eigenvalue weighted by Crippen LogP contribution is -2.00. The highest BCUT2D eigenvalue weighted by molar-refractivity contribution is 5.81. The fraction of sp³-hybridized carbons (Fsp3) is 0.471. The van der Waals surface area contributed by atoms with Gasteiger partial charge in [0.15, 0.2) is 11.5 Å². The molecule has 124 valence electrons. The van der Waals surface area contributed by atoms with Crippen LogP contribution in [-0.4, -0.2) is 36.5 Å². The van der Waals surface area contributed by atoms with E-state index in [1.165, 1.54) is 7.11 Å². The molecule has 0 bridgehead atoms. The molecule has 0 aliphatic carbocycles. The minimum Gasteiger partial charge on any atom is -0.504 e. The molecule has 0 aromatic heterocycles. The third kappa shape index (κ3) is 6.63. The molecule has 1 rings (SSSR count). The maximum atomic E-state index is 10.1. The number of aromatic hydroxyl groups is 1. The number of benzene rings is 1. The highest BCUT2D eigenvalue weighted by Crippen LogP contribution is 2.33. The number of methoxy groups -OCH3 is 1. The first-order chi connectivity index (χ1) is 10.4. The zero-order chi connectivity index (χ0) is 17.1. The lowest BCUT2D eigenvalue weighted by atomic mass is 9.95. The van der Waals surface area contributed by atoms with Crippen molar-refractivity contribution in [2.45, 2.75) is 33.1 Å². The van der Waals surface area contributed by atoms with Crippen molar-refractivity contribution in [2.24, 2.45) is 0 Å². The lowest BCUT2D eigenvalue weighted by Gasteiger charge is -2.15. The number of ether oxygens (including phenoxy) is 2. The van der Waals surface area contributed by atoms with Crippen LogP contribution in [0, 0.1) is 0 Å². The lowest BCUT2D eigenvalue weighted by molar-refractivity contribution is -0.137. The molecule has 0 fully saturated rings. The largest absolute Gasteiger partial charge is 0.504 e. The smallest absolute Gasteiger partial charge is 0.330 e. The predicted octanol–water partition coefficient (Wildman–Crippen LogP) is 2.79. The summed E-state index contributed by atoms with van der Waals surface area (Å²) in [6.07, 6.45) is 1.70. The van der Waals surface area contributed by atoms with Crippen LogP contribution in [0.25, 0.3) is 0 Å². The number of aliphatic hydroxyl groups is 1. The van der Waals surface area contributed by atoms with Crippen LogP contribution in [0.5, 0.6) is 11.5 Å². The Hall–Kier alpha value is -2.01. The van der Waals surface area contributed by atoms with E-state index in [1.54, 1.807) is 13.0 Å². The topological polar surface area (TPSA) is 76.0 Å². The van der Waals surface area contributed by atoms with E-state index in [1.807, 2.05) is 6.07 Å². The number of carbonyl (C=O) groups is 1. The van der Waals surface area contributed by atoms with Gasteiger partial charge in [0.2, 0.25) is 0 Å². The Bertz CT molecular complexity index is 480. The van der Waals surface area contributed by atoms with Gasteiger partial charge < -0.3 is 19.7 Å². The van der Waals surface area contributed by atoms with Crippen molar-refractivity contribution < 1.29 is 24.5 Å². The highest BCUT2D eigenvalue weighted by atomic mass is 16.5. The molecule has 0 radical (unpaired) electrons. The van der Waals surface area contributed by atoms with E-state index in [0.717, 1.165) is 17.2 Å². The number of phenols is 1. The fourth-order valence-corrected chi connectivity index (χ4v) is 1.87. The zero-order valence-corrected chi connectivity index (χ0v) is 13.8. The molecular formula is C17H26O5. The molecule has 5 nitrogen and oxygen atoms in total. The van der Waals surface area contributed by atoms with Crippen molar-refractivity contribution in [1.82, 2.24) is 0 Å². The van der Waals surface area contributed by atoms with Crippen molar-refractivity contribution >= 4 is 5.97 Å². The molecule has 0 unspecified atom stereocenters. The normalized spacial score (nSPS) is 9.73. The molecular weight excluding hydrogens is 284 g/mol. The number of carbonyl (C=O) groups excluding carboxylic acids is 1. The maximum Gasteiger partial charge on any atom is 0.330 e. The number of rotatable bonds is 6.